The van der Waals surface area contributed by atoms with Gasteiger partial charge in [-0.25, -0.2) is 9.67 Å². The molecule has 28 heavy (non-hydrogen) atoms. The molecule has 0 bridgehead atoms. The van der Waals surface area contributed by atoms with E-state index in [1.54, 1.807) is 0 Å². The van der Waals surface area contributed by atoms with Gasteiger partial charge in [0.15, 0.2) is 12.5 Å². The number of aromatic nitrogens is 4. The van der Waals surface area contributed by atoms with Crippen molar-refractivity contribution in [3.05, 3.63) is 64.4 Å². The van der Waals surface area contributed by atoms with Crippen LogP contribution in [0.3, 0.4) is 0 Å². The van der Waals surface area contributed by atoms with Crippen molar-refractivity contribution in [2.75, 3.05) is 13.1 Å². The molecule has 3 heterocycles. The van der Waals surface area contributed by atoms with Crippen LogP contribution in [0.25, 0.3) is 21.6 Å². The van der Waals surface area contributed by atoms with Gasteiger partial charge in [0.25, 0.3) is 0 Å². The Morgan fingerprint density at radius 3 is 2.57 bits per heavy atom. The van der Waals surface area contributed by atoms with E-state index in [9.17, 15) is 0 Å². The Balaban J connectivity index is 1.25. The summed E-state index contributed by atoms with van der Waals surface area (Å²) in [6.45, 7) is 3.09. The maximum absolute atomic E-state index is 5.48. The van der Waals surface area contributed by atoms with Crippen LogP contribution in [0.4, 0.5) is 0 Å². The molecule has 5 nitrogen and oxygen atoms in total. The average molecular weight is 409 g/mol. The number of para-hydroxylation sites is 1. The van der Waals surface area contributed by atoms with Crippen LogP contribution in [0.5, 0.6) is 0 Å². The number of benzene rings is 2. The van der Waals surface area contributed by atoms with Crippen LogP contribution in [-0.4, -0.2) is 32.8 Å². The van der Waals surface area contributed by atoms with Gasteiger partial charge in [-0.15, -0.1) is 11.3 Å². The molecule has 0 spiro atoms. The molecule has 2 aromatic carbocycles. The van der Waals surface area contributed by atoms with E-state index in [4.69, 9.17) is 17.2 Å². The Hall–Kier alpha value is -2.35. The third-order valence-electron chi connectivity index (χ3n) is 5.46. The largest absolute Gasteiger partial charge is 0.316 e. The third-order valence-corrected chi connectivity index (χ3v) is 6.97. The van der Waals surface area contributed by atoms with Gasteiger partial charge in [-0.2, -0.15) is 4.98 Å². The van der Waals surface area contributed by atoms with Crippen LogP contribution in [0.15, 0.2) is 54.6 Å². The first kappa shape index (κ1) is 17.7. The number of thiazole rings is 1. The lowest BCUT2D eigenvalue weighted by atomic mass is 9.98. The summed E-state index contributed by atoms with van der Waals surface area (Å²) in [6, 6.07) is 18.6. The summed E-state index contributed by atoms with van der Waals surface area (Å²) in [6.07, 6.45) is 2.34. The molecule has 2 N–H and O–H groups in total. The molecule has 142 valence electrons. The quantitative estimate of drug-likeness (QED) is 0.507. The second kappa shape index (κ2) is 7.58. The van der Waals surface area contributed by atoms with Gasteiger partial charge in [-0.1, -0.05) is 42.5 Å². The van der Waals surface area contributed by atoms with Crippen molar-refractivity contribution in [1.82, 2.24) is 19.7 Å². The number of fused-ring (bicyclic) bond motifs is 1. The molecule has 1 aliphatic rings. The zero-order chi connectivity index (χ0) is 18.9. The van der Waals surface area contributed by atoms with Crippen LogP contribution in [0, 0.1) is 4.77 Å². The zero-order valence-corrected chi connectivity index (χ0v) is 17.1. The average Bonchev–Trinajstić information content (AvgIpc) is 3.33. The van der Waals surface area contributed by atoms with E-state index in [-0.39, 0.29) is 0 Å². The van der Waals surface area contributed by atoms with E-state index in [2.05, 4.69) is 34.3 Å². The fraction of sp³-hybridized carbons (Fsp3) is 0.286. The van der Waals surface area contributed by atoms with Crippen LogP contribution in [0.2, 0.25) is 0 Å². The normalized spacial score (nSPS) is 19.9. The molecule has 4 aromatic rings. The zero-order valence-electron chi connectivity index (χ0n) is 15.5. The van der Waals surface area contributed by atoms with Gasteiger partial charge in [0, 0.05) is 24.3 Å². The highest BCUT2D eigenvalue weighted by Gasteiger charge is 2.26. The second-order valence-corrected chi connectivity index (χ2v) is 8.78. The number of H-pyrrole nitrogens is 1. The van der Waals surface area contributed by atoms with Crippen molar-refractivity contribution >= 4 is 33.8 Å². The van der Waals surface area contributed by atoms with E-state index in [0.717, 1.165) is 36.7 Å². The number of piperidine rings is 1. The smallest absolute Gasteiger partial charge is 0.221 e. The molecule has 0 aliphatic carbocycles. The van der Waals surface area contributed by atoms with Crippen LogP contribution in [0.1, 0.15) is 23.8 Å². The highest BCUT2D eigenvalue weighted by molar-refractivity contribution is 7.71. The van der Waals surface area contributed by atoms with E-state index in [1.165, 1.54) is 27.4 Å². The van der Waals surface area contributed by atoms with Gasteiger partial charge in [-0.05, 0) is 24.4 Å². The monoisotopic (exact) mass is 408 g/mol. The van der Waals surface area contributed by atoms with Crippen molar-refractivity contribution in [1.29, 1.82) is 0 Å². The molecule has 0 unspecified atom stereocenters. The maximum Gasteiger partial charge on any atom is 0.221 e. The summed E-state index contributed by atoms with van der Waals surface area (Å²) in [4.78, 5) is 10.9. The van der Waals surface area contributed by atoms with E-state index in [1.807, 2.05) is 46.4 Å². The third kappa shape index (κ3) is 3.53. The Morgan fingerprint density at radius 1 is 1.04 bits per heavy atom. The van der Waals surface area contributed by atoms with E-state index < -0.39 is 0 Å². The molecular weight excluding hydrogens is 386 g/mol. The molecular formula is C21H22N5S2+. The van der Waals surface area contributed by atoms with Crippen molar-refractivity contribution < 1.29 is 4.90 Å². The number of hydrogen-bond donors (Lipinski definition) is 2. The van der Waals surface area contributed by atoms with Gasteiger partial charge < -0.3 is 4.90 Å². The minimum Gasteiger partial charge on any atom is -0.316 e. The molecule has 1 fully saturated rings. The van der Waals surface area contributed by atoms with Crippen LogP contribution < -0.4 is 4.90 Å². The number of nitrogens with one attached hydrogen (secondary N) is 2. The van der Waals surface area contributed by atoms with Crippen molar-refractivity contribution in [3.8, 4) is 11.4 Å². The standard InChI is InChI=1S/C21H21N5S2/c27-21-23-19(15-6-2-1-3-7-15)24-26(21)14-25-12-10-16(11-13-25)20-22-17-8-4-5-9-18(17)28-20/h1-9,16H,10-14H2,(H,23,24,27)/p+1. The van der Waals surface area contributed by atoms with Crippen LogP contribution in [-0.2, 0) is 6.67 Å². The van der Waals surface area contributed by atoms with E-state index >= 15 is 0 Å². The minimum absolute atomic E-state index is 0.579. The molecule has 0 atom stereocenters. The lowest BCUT2D eigenvalue weighted by molar-refractivity contribution is -0.928. The topological polar surface area (TPSA) is 50.9 Å². The van der Waals surface area contributed by atoms with Gasteiger partial charge in [0.1, 0.15) is 0 Å². The number of aromatic amines is 1. The fourth-order valence-electron chi connectivity index (χ4n) is 3.91. The van der Waals surface area contributed by atoms with Gasteiger partial charge >= 0.3 is 0 Å². The van der Waals surface area contributed by atoms with Gasteiger partial charge in [0.2, 0.25) is 4.77 Å². The van der Waals surface area contributed by atoms with Crippen molar-refractivity contribution in [3.63, 3.8) is 0 Å². The second-order valence-electron chi connectivity index (χ2n) is 7.35. The van der Waals surface area contributed by atoms with Crippen molar-refractivity contribution in [2.45, 2.75) is 25.4 Å². The number of likely N-dealkylation sites (tertiary alicyclic amines) is 1. The first-order valence-electron chi connectivity index (χ1n) is 9.67. The fourth-order valence-corrected chi connectivity index (χ4v) is 5.25. The lowest BCUT2D eigenvalue weighted by Crippen LogP contribution is -3.12. The molecule has 0 radical (unpaired) electrons. The molecule has 0 saturated carbocycles. The number of hydrogen-bond acceptors (Lipinski definition) is 4. The Labute approximate surface area is 172 Å². The summed E-state index contributed by atoms with van der Waals surface area (Å²) in [7, 11) is 0. The summed E-state index contributed by atoms with van der Waals surface area (Å²) < 4.78 is 3.93. The predicted molar refractivity (Wildman–Crippen MR) is 115 cm³/mol. The Morgan fingerprint density at radius 2 is 1.79 bits per heavy atom. The lowest BCUT2D eigenvalue weighted by Gasteiger charge is -2.28. The number of quaternary nitrogens is 1. The molecule has 7 heteroatoms. The SMILES string of the molecule is S=c1nc(-c2ccccc2)[nH]n1C[NH+]1CCC(c2nc3ccccc3s2)CC1. The molecule has 2 aromatic heterocycles. The Bertz CT molecular complexity index is 1100. The first-order valence-corrected chi connectivity index (χ1v) is 10.9. The summed E-state index contributed by atoms with van der Waals surface area (Å²) in [5, 5.41) is 4.67. The first-order chi connectivity index (χ1) is 13.8. The van der Waals surface area contributed by atoms with Crippen molar-refractivity contribution in [2.24, 2.45) is 0 Å². The molecule has 1 aliphatic heterocycles. The highest BCUT2D eigenvalue weighted by atomic mass is 32.1. The highest BCUT2D eigenvalue weighted by Crippen LogP contribution is 2.31. The van der Waals surface area contributed by atoms with Gasteiger partial charge in [-0.3, -0.25) is 5.10 Å². The number of nitrogens with zero attached hydrogens (tertiary/aromatic N) is 3. The van der Waals surface area contributed by atoms with Crippen LogP contribution >= 0.6 is 23.6 Å². The number of rotatable bonds is 4. The molecule has 0 amide bonds. The predicted octanol–water partition coefficient (Wildman–Crippen LogP) is 3.64. The summed E-state index contributed by atoms with van der Waals surface area (Å²) in [5.74, 6) is 1.42. The molecule has 1 saturated heterocycles. The Kier molecular flexibility index (Phi) is 4.80. The summed E-state index contributed by atoms with van der Waals surface area (Å²) in [5.41, 5.74) is 2.20. The molecule has 5 rings (SSSR count). The van der Waals surface area contributed by atoms with Gasteiger partial charge in [0.05, 0.1) is 28.3 Å². The minimum atomic E-state index is 0.579. The maximum atomic E-state index is 5.48. The van der Waals surface area contributed by atoms with E-state index in [0.29, 0.717) is 10.7 Å². The summed E-state index contributed by atoms with van der Waals surface area (Å²) >= 11 is 7.33.